The monoisotopic (exact) mass is 777 g/mol. The maximum atomic E-state index is 12.1. The van der Waals surface area contributed by atoms with Crippen LogP contribution in [0, 0.1) is 0 Å². The van der Waals surface area contributed by atoms with Crippen LogP contribution in [0.15, 0.2) is 36.4 Å². The normalized spacial score (nSPS) is 11.3. The Morgan fingerprint density at radius 3 is 1.29 bits per heavy atom. The average Bonchev–Trinajstić information content (AvgIpc) is 3.17. The highest BCUT2D eigenvalue weighted by Gasteiger charge is 2.14. The third-order valence-corrected chi connectivity index (χ3v) is 9.79. The number of unbranched alkanes of at least 4 members (excludes halogenated alkanes) is 24. The van der Waals surface area contributed by atoms with E-state index in [0.717, 1.165) is 25.7 Å². The Hall–Kier alpha value is -2.22. The molecule has 1 rings (SSSR count). The number of carbonyl (C=O) groups is 2. The van der Waals surface area contributed by atoms with Gasteiger partial charge >= 0.3 is 11.9 Å². The molecule has 0 aromatic heterocycles. The van der Waals surface area contributed by atoms with Crippen LogP contribution in [-0.2, 0) is 14.9 Å². The van der Waals surface area contributed by atoms with Crippen molar-refractivity contribution >= 4 is 11.9 Å². The predicted octanol–water partition coefficient (Wildman–Crippen LogP) is 13.1. The minimum absolute atomic E-state index is 0.108. The van der Waals surface area contributed by atoms with Gasteiger partial charge in [0.05, 0.1) is 25.4 Å². The van der Waals surface area contributed by atoms with Crippen LogP contribution in [0.5, 0.6) is 0 Å². The summed E-state index contributed by atoms with van der Waals surface area (Å²) in [6, 6.07) is 7.83. The summed E-state index contributed by atoms with van der Waals surface area (Å²) in [5.74, 6) is -0.859. The SMILES string of the molecule is CCCCCCCCC=CCCCCCCCC(=O)O.CCCCCCCCCCCCCCCCOC(=O)c1ccc(C(C)(C)C)cc1.OCC(O)CO. The van der Waals surface area contributed by atoms with Crippen LogP contribution in [-0.4, -0.2) is 58.3 Å². The number of benzene rings is 1. The molecule has 0 aliphatic carbocycles. The van der Waals surface area contributed by atoms with Crippen LogP contribution in [0.4, 0.5) is 0 Å². The van der Waals surface area contributed by atoms with Gasteiger partial charge in [-0.3, -0.25) is 4.79 Å². The molecule has 0 aliphatic rings. The maximum absolute atomic E-state index is 12.1. The summed E-state index contributed by atoms with van der Waals surface area (Å²) in [6.45, 7) is 10.9. The van der Waals surface area contributed by atoms with E-state index in [1.807, 2.05) is 24.3 Å². The molecule has 0 saturated carbocycles. The standard InChI is InChI=1S/C27H46O2.C18H34O2.C3H8O3/c1-5-6-7-8-9-10-11-12-13-14-15-16-17-18-23-29-26(28)24-19-21-25(22-20-24)27(2,3)4;1-2-3-4-5-6-7-8-9-10-11-12-13-14-15-16-17-18(19)20;4-1-3(6)2-5/h19-22H,5-18,23H2,1-4H3;9-10H,2-8,11-17H2,1H3,(H,19,20);3-6H,1-2H2. The van der Waals surface area contributed by atoms with E-state index in [1.54, 1.807) is 0 Å². The van der Waals surface area contributed by atoms with Crippen molar-refractivity contribution in [3.8, 4) is 0 Å². The lowest BCUT2D eigenvalue weighted by Gasteiger charge is -2.18. The Morgan fingerprint density at radius 1 is 0.582 bits per heavy atom. The number of rotatable bonds is 33. The van der Waals surface area contributed by atoms with Crippen molar-refractivity contribution in [3.63, 3.8) is 0 Å². The molecule has 0 aliphatic heterocycles. The molecular formula is C48H88O7. The minimum Gasteiger partial charge on any atom is -0.481 e. The molecule has 0 amide bonds. The summed E-state index contributed by atoms with van der Waals surface area (Å²) in [4.78, 5) is 22.4. The zero-order chi connectivity index (χ0) is 41.3. The Kier molecular flexibility index (Phi) is 41.3. The topological polar surface area (TPSA) is 124 Å². The van der Waals surface area contributed by atoms with Gasteiger partial charge in [-0.25, -0.2) is 4.79 Å². The molecule has 0 saturated heterocycles. The summed E-state index contributed by atoms with van der Waals surface area (Å²) in [5.41, 5.74) is 2.00. The number of carboxylic acids is 1. The minimum atomic E-state index is -0.954. The summed E-state index contributed by atoms with van der Waals surface area (Å²) >= 11 is 0. The lowest BCUT2D eigenvalue weighted by molar-refractivity contribution is -0.137. The van der Waals surface area contributed by atoms with E-state index < -0.39 is 12.1 Å². The number of aliphatic hydroxyl groups excluding tert-OH is 3. The lowest BCUT2D eigenvalue weighted by Crippen LogP contribution is -2.15. The van der Waals surface area contributed by atoms with Gasteiger partial charge in [-0.1, -0.05) is 194 Å². The number of ether oxygens (including phenoxy) is 1. The average molecular weight is 777 g/mol. The maximum Gasteiger partial charge on any atom is 0.338 e. The molecule has 0 atom stereocenters. The largest absolute Gasteiger partial charge is 0.481 e. The van der Waals surface area contributed by atoms with E-state index in [1.165, 1.54) is 153 Å². The first-order valence-corrected chi connectivity index (χ1v) is 22.6. The number of aliphatic hydroxyl groups is 3. The second-order valence-electron chi connectivity index (χ2n) is 16.3. The van der Waals surface area contributed by atoms with E-state index in [9.17, 15) is 9.59 Å². The molecule has 7 heteroatoms. The number of esters is 1. The van der Waals surface area contributed by atoms with E-state index >= 15 is 0 Å². The zero-order valence-electron chi connectivity index (χ0n) is 36.5. The van der Waals surface area contributed by atoms with Gasteiger partial charge in [-0.15, -0.1) is 0 Å². The van der Waals surface area contributed by atoms with Gasteiger partial charge in [0.15, 0.2) is 0 Å². The Morgan fingerprint density at radius 2 is 0.945 bits per heavy atom. The van der Waals surface area contributed by atoms with Gasteiger partial charge in [-0.2, -0.15) is 0 Å². The summed E-state index contributed by atoms with van der Waals surface area (Å²) in [6.07, 6.45) is 39.0. The van der Waals surface area contributed by atoms with Crippen LogP contribution in [0.25, 0.3) is 0 Å². The molecule has 0 radical (unpaired) electrons. The molecule has 1 aromatic carbocycles. The quantitative estimate of drug-likeness (QED) is 0.0318. The molecule has 0 bridgehead atoms. The van der Waals surface area contributed by atoms with Gasteiger partial charge in [0.1, 0.15) is 6.10 Å². The number of aliphatic carboxylic acids is 1. The van der Waals surface area contributed by atoms with Gasteiger partial charge in [0.25, 0.3) is 0 Å². The van der Waals surface area contributed by atoms with E-state index in [4.69, 9.17) is 25.2 Å². The third kappa shape index (κ3) is 41.2. The third-order valence-electron chi connectivity index (χ3n) is 9.79. The molecule has 0 heterocycles. The van der Waals surface area contributed by atoms with Gasteiger partial charge < -0.3 is 25.2 Å². The Balaban J connectivity index is 0. The molecule has 55 heavy (non-hydrogen) atoms. The lowest BCUT2D eigenvalue weighted by atomic mass is 9.87. The summed E-state index contributed by atoms with van der Waals surface area (Å²) < 4.78 is 5.42. The van der Waals surface area contributed by atoms with E-state index in [0.29, 0.717) is 18.6 Å². The van der Waals surface area contributed by atoms with Gasteiger partial charge in [0, 0.05) is 6.42 Å². The Labute approximate surface area is 339 Å². The molecule has 0 spiro atoms. The van der Waals surface area contributed by atoms with Crippen molar-refractivity contribution in [2.75, 3.05) is 19.8 Å². The highest BCUT2D eigenvalue weighted by molar-refractivity contribution is 5.89. The van der Waals surface area contributed by atoms with Gasteiger partial charge in [-0.05, 0) is 61.6 Å². The van der Waals surface area contributed by atoms with E-state index in [2.05, 4.69) is 46.8 Å². The van der Waals surface area contributed by atoms with Crippen molar-refractivity contribution in [2.45, 2.75) is 226 Å². The van der Waals surface area contributed by atoms with Crippen LogP contribution in [0.3, 0.4) is 0 Å². The molecule has 322 valence electrons. The molecule has 4 N–H and O–H groups in total. The molecule has 0 fully saturated rings. The van der Waals surface area contributed by atoms with Crippen LogP contribution in [0.2, 0.25) is 0 Å². The van der Waals surface area contributed by atoms with Crippen LogP contribution >= 0.6 is 0 Å². The van der Waals surface area contributed by atoms with Crippen molar-refractivity contribution < 1.29 is 34.8 Å². The van der Waals surface area contributed by atoms with Crippen LogP contribution < -0.4 is 0 Å². The first kappa shape index (κ1) is 54.9. The molecule has 0 unspecified atom stereocenters. The van der Waals surface area contributed by atoms with Crippen molar-refractivity contribution in [2.24, 2.45) is 0 Å². The summed E-state index contributed by atoms with van der Waals surface area (Å²) in [7, 11) is 0. The smallest absolute Gasteiger partial charge is 0.338 e. The predicted molar refractivity (Wildman–Crippen MR) is 233 cm³/mol. The highest BCUT2D eigenvalue weighted by Crippen LogP contribution is 2.22. The molecule has 7 nitrogen and oxygen atoms in total. The van der Waals surface area contributed by atoms with Crippen LogP contribution in [0.1, 0.15) is 230 Å². The van der Waals surface area contributed by atoms with Gasteiger partial charge in [0.2, 0.25) is 0 Å². The first-order chi connectivity index (χ1) is 26.5. The molecular weight excluding hydrogens is 689 g/mol. The fraction of sp³-hybridized carbons (Fsp3) is 0.792. The second-order valence-corrected chi connectivity index (χ2v) is 16.3. The fourth-order valence-corrected chi connectivity index (χ4v) is 6.06. The van der Waals surface area contributed by atoms with E-state index in [-0.39, 0.29) is 24.6 Å². The summed E-state index contributed by atoms with van der Waals surface area (Å²) in [5, 5.41) is 32.5. The fourth-order valence-electron chi connectivity index (χ4n) is 6.06. The highest BCUT2D eigenvalue weighted by atomic mass is 16.5. The number of hydrogen-bond acceptors (Lipinski definition) is 6. The van der Waals surface area contributed by atoms with Crippen molar-refractivity contribution in [1.29, 1.82) is 0 Å². The Bertz CT molecular complexity index is 979. The first-order valence-electron chi connectivity index (χ1n) is 22.6. The number of allylic oxidation sites excluding steroid dienone is 2. The van der Waals surface area contributed by atoms with Crippen molar-refractivity contribution in [3.05, 3.63) is 47.5 Å². The van der Waals surface area contributed by atoms with Crippen molar-refractivity contribution in [1.82, 2.24) is 0 Å². The second kappa shape index (κ2) is 41.4. The number of carbonyl (C=O) groups excluding carboxylic acids is 1. The number of carboxylic acid groups (broad SMARTS) is 1. The zero-order valence-corrected chi connectivity index (χ0v) is 36.5. The molecule has 1 aromatic rings. The number of hydrogen-bond donors (Lipinski definition) is 4.